The molecule has 0 bridgehead atoms. The quantitative estimate of drug-likeness (QED) is 0.783. The molecule has 0 saturated heterocycles. The zero-order chi connectivity index (χ0) is 14.4. The third-order valence-electron chi connectivity index (χ3n) is 2.69. The highest BCUT2D eigenvalue weighted by molar-refractivity contribution is 5.91. The third-order valence-corrected chi connectivity index (χ3v) is 2.69. The lowest BCUT2D eigenvalue weighted by Crippen LogP contribution is -2.09. The van der Waals surface area contributed by atoms with Gasteiger partial charge in [0.25, 0.3) is 0 Å². The van der Waals surface area contributed by atoms with Crippen LogP contribution in [0.3, 0.4) is 0 Å². The summed E-state index contributed by atoms with van der Waals surface area (Å²) < 4.78 is 15.6. The monoisotopic (exact) mass is 273 g/mol. The summed E-state index contributed by atoms with van der Waals surface area (Å²) >= 11 is 0. The van der Waals surface area contributed by atoms with Gasteiger partial charge < -0.3 is 14.2 Å². The summed E-state index contributed by atoms with van der Waals surface area (Å²) in [5.74, 6) is 0.161. The van der Waals surface area contributed by atoms with Crippen LogP contribution in [0.15, 0.2) is 42.6 Å². The normalized spacial score (nSPS) is 9.90. The fourth-order valence-electron chi connectivity index (χ4n) is 1.70. The molecule has 2 aromatic rings. The second-order valence-electron chi connectivity index (χ2n) is 3.96. The lowest BCUT2D eigenvalue weighted by atomic mass is 10.2. The summed E-state index contributed by atoms with van der Waals surface area (Å²) in [7, 11) is 2.80. The Morgan fingerprint density at radius 2 is 1.90 bits per heavy atom. The average molecular weight is 273 g/mol. The van der Waals surface area contributed by atoms with Crippen LogP contribution in [-0.2, 0) is 11.3 Å². The Kier molecular flexibility index (Phi) is 4.55. The molecule has 5 nitrogen and oxygen atoms in total. The Morgan fingerprint density at radius 3 is 2.55 bits per heavy atom. The number of ether oxygens (including phenoxy) is 3. The van der Waals surface area contributed by atoms with Crippen LogP contribution in [0.2, 0.25) is 0 Å². The molecule has 0 saturated carbocycles. The molecule has 0 amide bonds. The van der Waals surface area contributed by atoms with Gasteiger partial charge in [-0.25, -0.2) is 9.78 Å². The van der Waals surface area contributed by atoms with Crippen molar-refractivity contribution in [1.29, 1.82) is 0 Å². The fraction of sp³-hybridized carbons (Fsp3) is 0.200. The van der Waals surface area contributed by atoms with Gasteiger partial charge in [0.15, 0.2) is 17.2 Å². The van der Waals surface area contributed by atoms with E-state index in [9.17, 15) is 4.79 Å². The topological polar surface area (TPSA) is 57.7 Å². The molecule has 1 aromatic carbocycles. The third kappa shape index (κ3) is 3.06. The number of pyridine rings is 1. The van der Waals surface area contributed by atoms with Gasteiger partial charge in [-0.1, -0.05) is 30.3 Å². The van der Waals surface area contributed by atoms with Crippen molar-refractivity contribution in [2.45, 2.75) is 6.61 Å². The Labute approximate surface area is 117 Å². The van der Waals surface area contributed by atoms with Crippen LogP contribution in [0.1, 0.15) is 16.1 Å². The average Bonchev–Trinajstić information content (AvgIpc) is 2.52. The largest absolute Gasteiger partial charge is 0.493 e. The molecular formula is C15H15NO4. The van der Waals surface area contributed by atoms with E-state index in [2.05, 4.69) is 4.98 Å². The molecule has 1 heterocycles. The highest BCUT2D eigenvalue weighted by Gasteiger charge is 2.19. The Morgan fingerprint density at radius 1 is 1.15 bits per heavy atom. The minimum Gasteiger partial charge on any atom is -0.493 e. The van der Waals surface area contributed by atoms with Crippen LogP contribution in [0.25, 0.3) is 0 Å². The van der Waals surface area contributed by atoms with Crippen molar-refractivity contribution in [2.24, 2.45) is 0 Å². The fourth-order valence-corrected chi connectivity index (χ4v) is 1.70. The maximum absolute atomic E-state index is 11.7. The number of hydrogen-bond donors (Lipinski definition) is 0. The maximum Gasteiger partial charge on any atom is 0.360 e. The first-order valence-corrected chi connectivity index (χ1v) is 6.04. The number of carbonyl (C=O) groups is 1. The molecule has 1 aromatic heterocycles. The van der Waals surface area contributed by atoms with Gasteiger partial charge in [0, 0.05) is 12.3 Å². The SMILES string of the molecule is COC(=O)c1nccc(OC)c1OCc1ccccc1. The number of esters is 1. The second kappa shape index (κ2) is 6.56. The molecule has 2 rings (SSSR count). The lowest BCUT2D eigenvalue weighted by molar-refractivity contribution is 0.0587. The molecule has 0 fully saturated rings. The van der Waals surface area contributed by atoms with E-state index in [0.29, 0.717) is 12.4 Å². The van der Waals surface area contributed by atoms with Gasteiger partial charge in [-0.2, -0.15) is 0 Å². The smallest absolute Gasteiger partial charge is 0.360 e. The standard InChI is InChI=1S/C15H15NO4/c1-18-12-8-9-16-13(15(17)19-2)14(12)20-10-11-6-4-3-5-7-11/h3-9H,10H2,1-2H3. The van der Waals surface area contributed by atoms with Crippen LogP contribution >= 0.6 is 0 Å². The second-order valence-corrected chi connectivity index (χ2v) is 3.96. The summed E-state index contributed by atoms with van der Waals surface area (Å²) in [5, 5.41) is 0. The minimum atomic E-state index is -0.563. The highest BCUT2D eigenvalue weighted by Crippen LogP contribution is 2.30. The van der Waals surface area contributed by atoms with Crippen molar-refractivity contribution in [3.63, 3.8) is 0 Å². The molecule has 104 valence electrons. The van der Waals surface area contributed by atoms with Gasteiger partial charge in [0.2, 0.25) is 0 Å². The first kappa shape index (κ1) is 13.9. The van der Waals surface area contributed by atoms with Gasteiger partial charge in [0.05, 0.1) is 14.2 Å². The molecule has 0 aliphatic rings. The van der Waals surface area contributed by atoms with E-state index in [1.165, 1.54) is 20.4 Å². The van der Waals surface area contributed by atoms with Crippen LogP contribution in [0.5, 0.6) is 11.5 Å². The van der Waals surface area contributed by atoms with Crippen molar-refractivity contribution in [1.82, 2.24) is 4.98 Å². The molecular weight excluding hydrogens is 258 g/mol. The molecule has 0 unspecified atom stereocenters. The summed E-state index contributed by atoms with van der Waals surface area (Å²) in [5.41, 5.74) is 1.08. The molecule has 0 N–H and O–H groups in total. The molecule has 0 aliphatic carbocycles. The number of benzene rings is 1. The number of methoxy groups -OCH3 is 2. The van der Waals surface area contributed by atoms with Crippen molar-refractivity contribution in [3.8, 4) is 11.5 Å². The van der Waals surface area contributed by atoms with Crippen LogP contribution in [0.4, 0.5) is 0 Å². The van der Waals surface area contributed by atoms with Gasteiger partial charge in [-0.05, 0) is 5.56 Å². The zero-order valence-electron chi connectivity index (χ0n) is 11.3. The van der Waals surface area contributed by atoms with Gasteiger partial charge in [-0.3, -0.25) is 0 Å². The molecule has 0 aliphatic heterocycles. The van der Waals surface area contributed by atoms with Crippen molar-refractivity contribution in [3.05, 3.63) is 53.9 Å². The van der Waals surface area contributed by atoms with E-state index in [-0.39, 0.29) is 11.4 Å². The van der Waals surface area contributed by atoms with E-state index in [1.807, 2.05) is 30.3 Å². The van der Waals surface area contributed by atoms with Crippen LogP contribution in [0, 0.1) is 0 Å². The van der Waals surface area contributed by atoms with Crippen molar-refractivity contribution >= 4 is 5.97 Å². The summed E-state index contributed by atoms with van der Waals surface area (Å²) in [6.45, 7) is 0.312. The van der Waals surface area contributed by atoms with E-state index >= 15 is 0 Å². The first-order valence-electron chi connectivity index (χ1n) is 6.04. The first-order chi connectivity index (χ1) is 9.76. The number of carbonyl (C=O) groups excluding carboxylic acids is 1. The lowest BCUT2D eigenvalue weighted by Gasteiger charge is -2.13. The number of hydrogen-bond acceptors (Lipinski definition) is 5. The van der Waals surface area contributed by atoms with Gasteiger partial charge >= 0.3 is 5.97 Å². The maximum atomic E-state index is 11.7. The molecule has 20 heavy (non-hydrogen) atoms. The molecule has 5 heteroatoms. The van der Waals surface area contributed by atoms with Crippen LogP contribution < -0.4 is 9.47 Å². The highest BCUT2D eigenvalue weighted by atomic mass is 16.5. The van der Waals surface area contributed by atoms with E-state index in [0.717, 1.165) is 5.56 Å². The minimum absolute atomic E-state index is 0.0998. The Bertz CT molecular complexity index is 584. The summed E-state index contributed by atoms with van der Waals surface area (Å²) in [6.07, 6.45) is 1.47. The Hall–Kier alpha value is -2.56. The number of rotatable bonds is 5. The predicted molar refractivity (Wildman–Crippen MR) is 72.9 cm³/mol. The number of nitrogens with zero attached hydrogens (tertiary/aromatic N) is 1. The molecule has 0 spiro atoms. The van der Waals surface area contributed by atoms with Crippen LogP contribution in [-0.4, -0.2) is 25.2 Å². The van der Waals surface area contributed by atoms with E-state index in [1.54, 1.807) is 6.07 Å². The predicted octanol–water partition coefficient (Wildman–Crippen LogP) is 2.46. The summed E-state index contributed by atoms with van der Waals surface area (Å²) in [6, 6.07) is 11.3. The van der Waals surface area contributed by atoms with E-state index in [4.69, 9.17) is 14.2 Å². The molecule has 0 atom stereocenters. The van der Waals surface area contributed by atoms with Crippen molar-refractivity contribution < 1.29 is 19.0 Å². The number of aromatic nitrogens is 1. The van der Waals surface area contributed by atoms with Crippen molar-refractivity contribution in [2.75, 3.05) is 14.2 Å². The molecule has 0 radical (unpaired) electrons. The summed E-state index contributed by atoms with van der Waals surface area (Å²) in [4.78, 5) is 15.7. The zero-order valence-corrected chi connectivity index (χ0v) is 11.3. The van der Waals surface area contributed by atoms with Gasteiger partial charge in [0.1, 0.15) is 6.61 Å². The van der Waals surface area contributed by atoms with Gasteiger partial charge in [-0.15, -0.1) is 0 Å². The van der Waals surface area contributed by atoms with E-state index < -0.39 is 5.97 Å². The Balaban J connectivity index is 2.26.